The van der Waals surface area contributed by atoms with Crippen molar-refractivity contribution in [1.82, 2.24) is 10.3 Å². The Bertz CT molecular complexity index is 719. The molecular formula is C18H21N3OS. The van der Waals surface area contributed by atoms with E-state index in [1.54, 1.807) is 11.3 Å². The van der Waals surface area contributed by atoms with Gasteiger partial charge in [-0.2, -0.15) is 0 Å². The monoisotopic (exact) mass is 327 g/mol. The molecule has 2 N–H and O–H groups in total. The van der Waals surface area contributed by atoms with Crippen molar-refractivity contribution in [3.63, 3.8) is 0 Å². The summed E-state index contributed by atoms with van der Waals surface area (Å²) < 4.78 is 0. The van der Waals surface area contributed by atoms with E-state index >= 15 is 0 Å². The van der Waals surface area contributed by atoms with E-state index in [-0.39, 0.29) is 5.91 Å². The number of hydrogen-bond donors (Lipinski definition) is 2. The van der Waals surface area contributed by atoms with Gasteiger partial charge < -0.3 is 5.32 Å². The van der Waals surface area contributed by atoms with Crippen molar-refractivity contribution in [2.24, 2.45) is 0 Å². The molecule has 1 aliphatic heterocycles. The maximum atomic E-state index is 12.4. The Hall–Kier alpha value is -1.72. The molecule has 120 valence electrons. The van der Waals surface area contributed by atoms with E-state index < -0.39 is 0 Å². The SMILES string of the molecule is O=C(Nc1ncc(C2CCNCC2)s1)c1ccc2c(c1)CCC2. The molecule has 2 aliphatic rings. The van der Waals surface area contributed by atoms with Crippen molar-refractivity contribution in [2.45, 2.75) is 38.0 Å². The number of aryl methyl sites for hydroxylation is 2. The van der Waals surface area contributed by atoms with E-state index in [1.807, 2.05) is 18.3 Å². The third-order valence-corrected chi connectivity index (χ3v) is 5.92. The first-order valence-electron chi connectivity index (χ1n) is 8.39. The number of amides is 1. The van der Waals surface area contributed by atoms with E-state index in [0.717, 1.165) is 44.3 Å². The van der Waals surface area contributed by atoms with Crippen LogP contribution in [0.2, 0.25) is 0 Å². The number of carbonyl (C=O) groups is 1. The number of aromatic nitrogens is 1. The lowest BCUT2D eigenvalue weighted by Gasteiger charge is -2.20. The number of nitrogens with one attached hydrogen (secondary N) is 2. The fraction of sp³-hybridized carbons (Fsp3) is 0.444. The lowest BCUT2D eigenvalue weighted by atomic mass is 9.97. The Morgan fingerprint density at radius 3 is 2.91 bits per heavy atom. The second kappa shape index (κ2) is 6.42. The normalized spacial score (nSPS) is 17.9. The summed E-state index contributed by atoms with van der Waals surface area (Å²) in [5, 5.41) is 7.05. The van der Waals surface area contributed by atoms with E-state index in [9.17, 15) is 4.79 Å². The van der Waals surface area contributed by atoms with Gasteiger partial charge in [0.2, 0.25) is 0 Å². The zero-order valence-electron chi connectivity index (χ0n) is 13.1. The van der Waals surface area contributed by atoms with Crippen LogP contribution in [0.3, 0.4) is 0 Å². The molecule has 2 aromatic rings. The summed E-state index contributed by atoms with van der Waals surface area (Å²) in [6.07, 6.45) is 7.67. The maximum absolute atomic E-state index is 12.4. The highest BCUT2D eigenvalue weighted by atomic mass is 32.1. The van der Waals surface area contributed by atoms with Gasteiger partial charge in [-0.15, -0.1) is 11.3 Å². The molecule has 1 fully saturated rings. The molecule has 0 spiro atoms. The Labute approximate surface area is 140 Å². The Balaban J connectivity index is 1.45. The standard InChI is InChI=1S/C18H21N3OS/c22-17(15-5-4-12-2-1-3-14(12)10-15)21-18-20-11-16(23-18)13-6-8-19-9-7-13/h4-5,10-11,13,19H,1-3,6-9H2,(H,20,21,22). The van der Waals surface area contributed by atoms with Gasteiger partial charge >= 0.3 is 0 Å². The molecule has 1 amide bonds. The number of anilines is 1. The number of piperidine rings is 1. The molecule has 0 radical (unpaired) electrons. The number of carbonyl (C=O) groups excluding carboxylic acids is 1. The van der Waals surface area contributed by atoms with Gasteiger partial charge in [0.15, 0.2) is 5.13 Å². The molecule has 2 heterocycles. The second-order valence-corrected chi connectivity index (χ2v) is 7.45. The highest BCUT2D eigenvalue weighted by Crippen LogP contribution is 2.32. The van der Waals surface area contributed by atoms with Crippen molar-refractivity contribution < 1.29 is 4.79 Å². The molecule has 0 atom stereocenters. The first-order valence-corrected chi connectivity index (χ1v) is 9.21. The summed E-state index contributed by atoms with van der Waals surface area (Å²) in [6, 6.07) is 6.07. The third-order valence-electron chi connectivity index (χ3n) is 4.85. The number of nitrogens with zero attached hydrogens (tertiary/aromatic N) is 1. The molecule has 1 aromatic carbocycles. The molecule has 1 saturated heterocycles. The summed E-state index contributed by atoms with van der Waals surface area (Å²) in [4.78, 5) is 18.1. The highest BCUT2D eigenvalue weighted by molar-refractivity contribution is 7.15. The van der Waals surface area contributed by atoms with Gasteiger partial charge in [0.25, 0.3) is 5.91 Å². The van der Waals surface area contributed by atoms with Crippen molar-refractivity contribution >= 4 is 22.4 Å². The molecule has 1 aromatic heterocycles. The Kier molecular flexibility index (Phi) is 4.14. The molecule has 0 saturated carbocycles. The summed E-state index contributed by atoms with van der Waals surface area (Å²) in [5.41, 5.74) is 3.46. The summed E-state index contributed by atoms with van der Waals surface area (Å²) in [7, 11) is 0. The van der Waals surface area contributed by atoms with E-state index in [2.05, 4.69) is 21.7 Å². The van der Waals surface area contributed by atoms with E-state index in [0.29, 0.717) is 11.0 Å². The van der Waals surface area contributed by atoms with Crippen LogP contribution in [0.4, 0.5) is 5.13 Å². The predicted octanol–water partition coefficient (Wildman–Crippen LogP) is 3.35. The second-order valence-electron chi connectivity index (χ2n) is 6.38. The fourth-order valence-corrected chi connectivity index (χ4v) is 4.50. The van der Waals surface area contributed by atoms with Gasteiger partial charge in [0.05, 0.1) is 0 Å². The molecule has 1 aliphatic carbocycles. The average molecular weight is 327 g/mol. The van der Waals surface area contributed by atoms with Gasteiger partial charge in [-0.05, 0) is 74.4 Å². The van der Waals surface area contributed by atoms with E-state index in [1.165, 1.54) is 22.4 Å². The van der Waals surface area contributed by atoms with Gasteiger partial charge in [0, 0.05) is 16.6 Å². The van der Waals surface area contributed by atoms with Crippen LogP contribution in [0.25, 0.3) is 0 Å². The largest absolute Gasteiger partial charge is 0.317 e. The lowest BCUT2D eigenvalue weighted by Crippen LogP contribution is -2.26. The maximum Gasteiger partial charge on any atom is 0.257 e. The molecule has 5 heteroatoms. The van der Waals surface area contributed by atoms with Crippen LogP contribution in [-0.4, -0.2) is 24.0 Å². The highest BCUT2D eigenvalue weighted by Gasteiger charge is 2.19. The lowest BCUT2D eigenvalue weighted by molar-refractivity contribution is 0.102. The first kappa shape index (κ1) is 14.8. The minimum atomic E-state index is -0.0501. The number of benzene rings is 1. The fourth-order valence-electron chi connectivity index (χ4n) is 3.52. The number of rotatable bonds is 3. The van der Waals surface area contributed by atoms with Crippen LogP contribution in [0.15, 0.2) is 24.4 Å². The van der Waals surface area contributed by atoms with Gasteiger partial charge in [-0.3, -0.25) is 10.1 Å². The molecule has 0 unspecified atom stereocenters. The van der Waals surface area contributed by atoms with Gasteiger partial charge in [-0.25, -0.2) is 4.98 Å². The smallest absolute Gasteiger partial charge is 0.257 e. The zero-order chi connectivity index (χ0) is 15.6. The van der Waals surface area contributed by atoms with Crippen molar-refractivity contribution in [2.75, 3.05) is 18.4 Å². The minimum Gasteiger partial charge on any atom is -0.317 e. The average Bonchev–Trinajstić information content (AvgIpc) is 3.24. The number of fused-ring (bicyclic) bond motifs is 1. The molecule has 23 heavy (non-hydrogen) atoms. The molecule has 4 rings (SSSR count). The van der Waals surface area contributed by atoms with Crippen LogP contribution in [0.5, 0.6) is 0 Å². The van der Waals surface area contributed by atoms with Crippen LogP contribution in [0, 0.1) is 0 Å². The van der Waals surface area contributed by atoms with Crippen molar-refractivity contribution in [1.29, 1.82) is 0 Å². The predicted molar refractivity (Wildman–Crippen MR) is 93.4 cm³/mol. The van der Waals surface area contributed by atoms with Crippen LogP contribution >= 0.6 is 11.3 Å². The van der Waals surface area contributed by atoms with Gasteiger partial charge in [-0.1, -0.05) is 6.07 Å². The summed E-state index contributed by atoms with van der Waals surface area (Å²) >= 11 is 1.62. The third kappa shape index (κ3) is 3.16. The van der Waals surface area contributed by atoms with Crippen LogP contribution in [-0.2, 0) is 12.8 Å². The Morgan fingerprint density at radius 1 is 1.22 bits per heavy atom. The van der Waals surface area contributed by atoms with Gasteiger partial charge in [0.1, 0.15) is 0 Å². The van der Waals surface area contributed by atoms with Crippen molar-refractivity contribution in [3.8, 4) is 0 Å². The number of thiazole rings is 1. The zero-order valence-corrected chi connectivity index (χ0v) is 13.9. The number of hydrogen-bond acceptors (Lipinski definition) is 4. The quantitative estimate of drug-likeness (QED) is 0.909. The summed E-state index contributed by atoms with van der Waals surface area (Å²) in [6.45, 7) is 2.14. The molecular weight excluding hydrogens is 306 g/mol. The first-order chi connectivity index (χ1) is 11.3. The van der Waals surface area contributed by atoms with Crippen LogP contribution in [0.1, 0.15) is 51.5 Å². The molecule has 4 nitrogen and oxygen atoms in total. The van der Waals surface area contributed by atoms with Crippen molar-refractivity contribution in [3.05, 3.63) is 46.0 Å². The Morgan fingerprint density at radius 2 is 2.04 bits per heavy atom. The van der Waals surface area contributed by atoms with Crippen LogP contribution < -0.4 is 10.6 Å². The summed E-state index contributed by atoms with van der Waals surface area (Å²) in [5.74, 6) is 0.533. The molecule has 0 bridgehead atoms. The van der Waals surface area contributed by atoms with E-state index in [4.69, 9.17) is 0 Å². The minimum absolute atomic E-state index is 0.0501. The topological polar surface area (TPSA) is 54.0 Å².